The maximum Gasteiger partial charge on any atom is 0.265 e. The Labute approximate surface area is 153 Å². The molecule has 2 aromatic rings. The second-order valence-corrected chi connectivity index (χ2v) is 9.80. The smallest absolute Gasteiger partial charge is 0.265 e. The van der Waals surface area contributed by atoms with Crippen LogP contribution >= 0.6 is 34.7 Å². The van der Waals surface area contributed by atoms with Gasteiger partial charge >= 0.3 is 0 Å². The molecule has 3 heterocycles. The standard InChI is InChI=1S/C17H15ClN2O2S2/c1-16(2)9-20(14(21)13-4-3-7-23-13)17(24-16)11-8-10(18)5-6-12(11)19-15(17)22/h3-8H,9H2,1-2H3,(H,19,22). The number of fused-ring (bicyclic) bond motifs is 2. The highest BCUT2D eigenvalue weighted by molar-refractivity contribution is 8.02. The van der Waals surface area contributed by atoms with Crippen LogP contribution in [0.3, 0.4) is 0 Å². The first-order chi connectivity index (χ1) is 11.3. The minimum Gasteiger partial charge on any atom is -0.323 e. The highest BCUT2D eigenvalue weighted by Crippen LogP contribution is 2.58. The van der Waals surface area contributed by atoms with Gasteiger partial charge in [-0.2, -0.15) is 0 Å². The van der Waals surface area contributed by atoms with Crippen LogP contribution in [-0.4, -0.2) is 28.0 Å². The molecular weight excluding hydrogens is 364 g/mol. The van der Waals surface area contributed by atoms with Crippen molar-refractivity contribution in [3.63, 3.8) is 0 Å². The third kappa shape index (κ3) is 2.20. The van der Waals surface area contributed by atoms with E-state index in [4.69, 9.17) is 11.6 Å². The molecule has 0 radical (unpaired) electrons. The van der Waals surface area contributed by atoms with E-state index in [1.807, 2.05) is 11.4 Å². The molecule has 0 aliphatic carbocycles. The van der Waals surface area contributed by atoms with E-state index in [-0.39, 0.29) is 16.6 Å². The number of thioether (sulfide) groups is 1. The number of carbonyl (C=O) groups excluding carboxylic acids is 2. The molecule has 1 saturated heterocycles. The number of halogens is 1. The molecule has 1 unspecified atom stereocenters. The summed E-state index contributed by atoms with van der Waals surface area (Å²) in [5, 5.41) is 5.34. The third-order valence-electron chi connectivity index (χ3n) is 4.22. The van der Waals surface area contributed by atoms with Crippen molar-refractivity contribution in [2.45, 2.75) is 23.5 Å². The fraction of sp³-hybridized carbons (Fsp3) is 0.294. The van der Waals surface area contributed by atoms with E-state index in [0.29, 0.717) is 16.4 Å². The second-order valence-electron chi connectivity index (χ2n) is 6.52. The zero-order chi connectivity index (χ0) is 17.1. The lowest BCUT2D eigenvalue weighted by molar-refractivity contribution is -0.121. The zero-order valence-corrected chi connectivity index (χ0v) is 15.5. The van der Waals surface area contributed by atoms with Crippen LogP contribution in [0.1, 0.15) is 29.1 Å². The summed E-state index contributed by atoms with van der Waals surface area (Å²) in [4.78, 5) is 27.3. The van der Waals surface area contributed by atoms with Crippen LogP contribution in [-0.2, 0) is 9.67 Å². The molecule has 1 atom stereocenters. The first-order valence-electron chi connectivity index (χ1n) is 7.51. The van der Waals surface area contributed by atoms with Crippen LogP contribution in [0.15, 0.2) is 35.7 Å². The molecule has 7 heteroatoms. The van der Waals surface area contributed by atoms with E-state index in [1.165, 1.54) is 23.1 Å². The van der Waals surface area contributed by atoms with Crippen LogP contribution < -0.4 is 5.32 Å². The van der Waals surface area contributed by atoms with Crippen LogP contribution in [0.4, 0.5) is 5.69 Å². The lowest BCUT2D eigenvalue weighted by atomic mass is 10.0. The molecule has 0 bridgehead atoms. The summed E-state index contributed by atoms with van der Waals surface area (Å²) in [6, 6.07) is 8.97. The second kappa shape index (κ2) is 5.25. The van der Waals surface area contributed by atoms with Gasteiger partial charge in [-0.3, -0.25) is 9.59 Å². The van der Waals surface area contributed by atoms with E-state index in [9.17, 15) is 9.59 Å². The van der Waals surface area contributed by atoms with E-state index in [0.717, 1.165) is 11.3 Å². The largest absolute Gasteiger partial charge is 0.323 e. The highest BCUT2D eigenvalue weighted by atomic mass is 35.5. The summed E-state index contributed by atoms with van der Waals surface area (Å²) in [6.07, 6.45) is 0. The van der Waals surface area contributed by atoms with Crippen LogP contribution in [0.2, 0.25) is 5.02 Å². The first-order valence-corrected chi connectivity index (χ1v) is 9.58. The SMILES string of the molecule is CC1(C)CN(C(=O)c2cccs2)C2(S1)C(=O)Nc1ccc(Cl)cc12. The fourth-order valence-corrected chi connectivity index (χ4v) is 5.85. The number of carbonyl (C=O) groups is 2. The Morgan fingerprint density at radius 2 is 2.12 bits per heavy atom. The van der Waals surface area contributed by atoms with Gasteiger partial charge in [0.2, 0.25) is 0 Å². The van der Waals surface area contributed by atoms with Crippen molar-refractivity contribution >= 4 is 52.2 Å². The van der Waals surface area contributed by atoms with Crippen molar-refractivity contribution in [1.29, 1.82) is 0 Å². The van der Waals surface area contributed by atoms with E-state index in [1.54, 1.807) is 29.2 Å². The highest BCUT2D eigenvalue weighted by Gasteiger charge is 2.61. The molecule has 1 aromatic carbocycles. The monoisotopic (exact) mass is 378 g/mol. The van der Waals surface area contributed by atoms with Crippen molar-refractivity contribution in [1.82, 2.24) is 4.90 Å². The molecule has 1 N–H and O–H groups in total. The predicted molar refractivity (Wildman–Crippen MR) is 98.8 cm³/mol. The van der Waals surface area contributed by atoms with Crippen LogP contribution in [0.25, 0.3) is 0 Å². The van der Waals surface area contributed by atoms with Gasteiger partial charge in [-0.25, -0.2) is 0 Å². The maximum absolute atomic E-state index is 13.1. The van der Waals surface area contributed by atoms with Gasteiger partial charge in [0.05, 0.1) is 4.88 Å². The minimum atomic E-state index is -1.06. The number of nitrogens with one attached hydrogen (secondary N) is 1. The molecule has 2 aliphatic rings. The zero-order valence-electron chi connectivity index (χ0n) is 13.1. The molecule has 24 heavy (non-hydrogen) atoms. The Hall–Kier alpha value is -1.50. The molecule has 2 amide bonds. The number of benzene rings is 1. The molecule has 1 fully saturated rings. The summed E-state index contributed by atoms with van der Waals surface area (Å²) in [5.74, 6) is -0.300. The lowest BCUT2D eigenvalue weighted by Gasteiger charge is -2.32. The van der Waals surface area contributed by atoms with Crippen molar-refractivity contribution < 1.29 is 9.59 Å². The summed E-state index contributed by atoms with van der Waals surface area (Å²) < 4.78 is -0.242. The summed E-state index contributed by atoms with van der Waals surface area (Å²) in [6.45, 7) is 4.60. The number of nitrogens with zero attached hydrogens (tertiary/aromatic N) is 1. The summed E-state index contributed by atoms with van der Waals surface area (Å²) in [7, 11) is 0. The Kier molecular flexibility index (Phi) is 3.50. The van der Waals surface area contributed by atoms with Gasteiger partial charge in [0, 0.05) is 27.6 Å². The molecule has 124 valence electrons. The number of hydrogen-bond acceptors (Lipinski definition) is 4. The Balaban J connectivity index is 1.90. The molecular formula is C17H15ClN2O2S2. The molecule has 4 rings (SSSR count). The van der Waals surface area contributed by atoms with Gasteiger partial charge in [0.25, 0.3) is 11.8 Å². The lowest BCUT2D eigenvalue weighted by Crippen LogP contribution is -2.48. The minimum absolute atomic E-state index is 0.119. The van der Waals surface area contributed by atoms with Gasteiger partial charge < -0.3 is 10.2 Å². The molecule has 1 spiro atoms. The predicted octanol–water partition coefficient (Wildman–Crippen LogP) is 4.17. The van der Waals surface area contributed by atoms with Crippen LogP contribution in [0.5, 0.6) is 0 Å². The third-order valence-corrected chi connectivity index (χ3v) is 6.92. The Morgan fingerprint density at radius 3 is 2.83 bits per heavy atom. The average Bonchev–Trinajstić information content (AvgIpc) is 3.19. The topological polar surface area (TPSA) is 49.4 Å². The normalized spacial score (nSPS) is 24.3. The Bertz CT molecular complexity index is 850. The van der Waals surface area contributed by atoms with Gasteiger partial charge in [-0.1, -0.05) is 17.7 Å². The van der Waals surface area contributed by atoms with Gasteiger partial charge in [-0.05, 0) is 43.5 Å². The maximum atomic E-state index is 13.1. The quantitative estimate of drug-likeness (QED) is 0.810. The van der Waals surface area contributed by atoms with Crippen molar-refractivity contribution in [3.8, 4) is 0 Å². The molecule has 0 saturated carbocycles. The van der Waals surface area contributed by atoms with Crippen molar-refractivity contribution in [2.75, 3.05) is 11.9 Å². The summed E-state index contributed by atoms with van der Waals surface area (Å²) in [5.41, 5.74) is 1.49. The van der Waals surface area contributed by atoms with Crippen LogP contribution in [0, 0.1) is 0 Å². The average molecular weight is 379 g/mol. The summed E-state index contributed by atoms with van der Waals surface area (Å²) >= 11 is 9.08. The first kappa shape index (κ1) is 16.0. The Morgan fingerprint density at radius 1 is 1.33 bits per heavy atom. The number of amides is 2. The van der Waals surface area contributed by atoms with E-state index < -0.39 is 4.87 Å². The van der Waals surface area contributed by atoms with E-state index in [2.05, 4.69) is 19.2 Å². The van der Waals surface area contributed by atoms with Crippen molar-refractivity contribution in [3.05, 3.63) is 51.2 Å². The van der Waals surface area contributed by atoms with Gasteiger partial charge in [0.15, 0.2) is 4.87 Å². The molecule has 4 nitrogen and oxygen atoms in total. The number of thiophene rings is 1. The van der Waals surface area contributed by atoms with Crippen molar-refractivity contribution in [2.24, 2.45) is 0 Å². The number of hydrogen-bond donors (Lipinski definition) is 1. The number of rotatable bonds is 1. The van der Waals surface area contributed by atoms with Gasteiger partial charge in [-0.15, -0.1) is 23.1 Å². The number of anilines is 1. The van der Waals surface area contributed by atoms with Gasteiger partial charge in [0.1, 0.15) is 0 Å². The van der Waals surface area contributed by atoms with E-state index >= 15 is 0 Å². The molecule has 2 aliphatic heterocycles. The fourth-order valence-electron chi connectivity index (χ4n) is 3.33. The molecule has 1 aromatic heterocycles.